The molecule has 0 spiro atoms. The molecular formula is C22H26F2N2O4. The maximum atomic E-state index is 12.5. The van der Waals surface area contributed by atoms with Gasteiger partial charge < -0.3 is 20.1 Å². The zero-order chi connectivity index (χ0) is 22.3. The number of ether oxygens (including phenoxy) is 2. The summed E-state index contributed by atoms with van der Waals surface area (Å²) >= 11 is 0. The van der Waals surface area contributed by atoms with Gasteiger partial charge in [-0.15, -0.1) is 0 Å². The largest absolute Gasteiger partial charge is 0.493 e. The van der Waals surface area contributed by atoms with Crippen molar-refractivity contribution in [3.63, 3.8) is 0 Å². The minimum absolute atomic E-state index is 0.0551. The highest BCUT2D eigenvalue weighted by atomic mass is 19.3. The van der Waals surface area contributed by atoms with Crippen molar-refractivity contribution in [2.24, 2.45) is 0 Å². The Balaban J connectivity index is 1.92. The molecule has 0 radical (unpaired) electrons. The molecule has 0 heterocycles. The molecule has 0 saturated carbocycles. The van der Waals surface area contributed by atoms with Crippen molar-refractivity contribution in [1.82, 2.24) is 10.6 Å². The van der Waals surface area contributed by atoms with Crippen LogP contribution in [0, 0.1) is 0 Å². The lowest BCUT2D eigenvalue weighted by atomic mass is 10.1. The van der Waals surface area contributed by atoms with Crippen molar-refractivity contribution in [3.05, 3.63) is 59.2 Å². The summed E-state index contributed by atoms with van der Waals surface area (Å²) in [6.45, 7) is 3.00. The Labute approximate surface area is 174 Å². The van der Waals surface area contributed by atoms with Gasteiger partial charge in [-0.2, -0.15) is 8.78 Å². The van der Waals surface area contributed by atoms with Gasteiger partial charge in [0, 0.05) is 23.2 Å². The molecular weight excluding hydrogens is 394 g/mol. The normalized spacial score (nSPS) is 11.2. The van der Waals surface area contributed by atoms with E-state index in [2.05, 4.69) is 15.4 Å². The molecule has 2 amide bonds. The molecule has 2 aromatic carbocycles. The molecule has 2 N–H and O–H groups in total. The summed E-state index contributed by atoms with van der Waals surface area (Å²) in [5, 5.41) is 5.62. The fraction of sp³-hybridized carbons (Fsp3) is 0.364. The van der Waals surface area contributed by atoms with Crippen LogP contribution in [0.1, 0.15) is 47.1 Å². The molecule has 0 bridgehead atoms. The Morgan fingerprint density at radius 1 is 0.967 bits per heavy atom. The number of amides is 2. The third kappa shape index (κ3) is 7.02. The second kappa shape index (κ2) is 10.0. The minimum Gasteiger partial charge on any atom is -0.493 e. The molecule has 0 atom stereocenters. The maximum absolute atomic E-state index is 12.5. The van der Waals surface area contributed by atoms with Crippen LogP contribution in [-0.2, 0) is 6.42 Å². The predicted octanol–water partition coefficient (Wildman–Crippen LogP) is 3.80. The van der Waals surface area contributed by atoms with Crippen molar-refractivity contribution in [3.8, 4) is 11.5 Å². The predicted molar refractivity (Wildman–Crippen MR) is 109 cm³/mol. The lowest BCUT2D eigenvalue weighted by Gasteiger charge is -2.20. The van der Waals surface area contributed by atoms with E-state index >= 15 is 0 Å². The van der Waals surface area contributed by atoms with Crippen molar-refractivity contribution >= 4 is 11.8 Å². The third-order valence-corrected chi connectivity index (χ3v) is 4.04. The third-order valence-electron chi connectivity index (χ3n) is 4.04. The molecule has 0 aliphatic carbocycles. The van der Waals surface area contributed by atoms with Crippen molar-refractivity contribution in [2.45, 2.75) is 39.3 Å². The lowest BCUT2D eigenvalue weighted by molar-refractivity contribution is -0.0512. The Morgan fingerprint density at radius 3 is 2.10 bits per heavy atom. The number of rotatable bonds is 8. The van der Waals surface area contributed by atoms with Gasteiger partial charge in [0.25, 0.3) is 11.8 Å². The molecule has 2 rings (SSSR count). The maximum Gasteiger partial charge on any atom is 0.387 e. The Morgan fingerprint density at radius 2 is 1.57 bits per heavy atom. The topological polar surface area (TPSA) is 76.7 Å². The fourth-order valence-corrected chi connectivity index (χ4v) is 2.67. The quantitative estimate of drug-likeness (QED) is 0.681. The van der Waals surface area contributed by atoms with Crippen LogP contribution in [0.5, 0.6) is 11.5 Å². The number of alkyl halides is 2. The van der Waals surface area contributed by atoms with Gasteiger partial charge in [0.05, 0.1) is 7.11 Å². The van der Waals surface area contributed by atoms with Gasteiger partial charge in [-0.3, -0.25) is 9.59 Å². The van der Waals surface area contributed by atoms with E-state index in [4.69, 9.17) is 4.74 Å². The van der Waals surface area contributed by atoms with E-state index < -0.39 is 6.61 Å². The van der Waals surface area contributed by atoms with E-state index in [1.807, 2.05) is 20.8 Å². The zero-order valence-corrected chi connectivity index (χ0v) is 17.4. The average molecular weight is 420 g/mol. The SMILES string of the molecule is COc1ccc(CCNC(=O)c2ccc(C(=O)NC(C)(C)C)cc2)cc1OC(F)F. The number of nitrogens with one attached hydrogen (secondary N) is 2. The van der Waals surface area contributed by atoms with E-state index in [0.29, 0.717) is 29.7 Å². The highest BCUT2D eigenvalue weighted by molar-refractivity contribution is 5.98. The van der Waals surface area contributed by atoms with Crippen LogP contribution >= 0.6 is 0 Å². The molecule has 0 aromatic heterocycles. The van der Waals surface area contributed by atoms with Gasteiger partial charge in [-0.1, -0.05) is 6.07 Å². The molecule has 0 fully saturated rings. The standard InChI is InChI=1S/C22H26F2N2O4/c1-22(2,3)26-20(28)16-8-6-15(7-9-16)19(27)25-12-11-14-5-10-17(29-4)18(13-14)30-21(23)24/h5-10,13,21H,11-12H2,1-4H3,(H,25,27)(H,26,28). The molecule has 0 unspecified atom stereocenters. The van der Waals surface area contributed by atoms with Gasteiger partial charge in [0.2, 0.25) is 0 Å². The summed E-state index contributed by atoms with van der Waals surface area (Å²) < 4.78 is 34.5. The van der Waals surface area contributed by atoms with E-state index in [-0.39, 0.29) is 28.9 Å². The summed E-state index contributed by atoms with van der Waals surface area (Å²) in [6, 6.07) is 11.0. The van der Waals surface area contributed by atoms with Crippen LogP contribution in [0.2, 0.25) is 0 Å². The molecule has 2 aromatic rings. The number of benzene rings is 2. The van der Waals surface area contributed by atoms with Crippen LogP contribution in [-0.4, -0.2) is 37.6 Å². The highest BCUT2D eigenvalue weighted by Gasteiger charge is 2.16. The van der Waals surface area contributed by atoms with E-state index in [1.54, 1.807) is 30.3 Å². The zero-order valence-electron chi connectivity index (χ0n) is 17.4. The molecule has 162 valence electrons. The minimum atomic E-state index is -2.96. The number of methoxy groups -OCH3 is 1. The van der Waals surface area contributed by atoms with Gasteiger partial charge >= 0.3 is 6.61 Å². The van der Waals surface area contributed by atoms with Crippen LogP contribution < -0.4 is 20.1 Å². The van der Waals surface area contributed by atoms with Crippen molar-refractivity contribution < 1.29 is 27.8 Å². The van der Waals surface area contributed by atoms with Crippen LogP contribution in [0.25, 0.3) is 0 Å². The monoisotopic (exact) mass is 420 g/mol. The molecule has 8 heteroatoms. The van der Waals surface area contributed by atoms with Gasteiger partial charge in [-0.25, -0.2) is 0 Å². The smallest absolute Gasteiger partial charge is 0.387 e. The Kier molecular flexibility index (Phi) is 7.74. The lowest BCUT2D eigenvalue weighted by Crippen LogP contribution is -2.40. The summed E-state index contributed by atoms with van der Waals surface area (Å²) in [5.74, 6) is -0.356. The Hall–Kier alpha value is -3.16. The summed E-state index contributed by atoms with van der Waals surface area (Å²) in [5.41, 5.74) is 1.24. The number of halogens is 2. The van der Waals surface area contributed by atoms with Crippen molar-refractivity contribution in [1.29, 1.82) is 0 Å². The fourth-order valence-electron chi connectivity index (χ4n) is 2.67. The van der Waals surface area contributed by atoms with Gasteiger partial charge in [-0.05, 0) is 69.2 Å². The van der Waals surface area contributed by atoms with E-state index in [0.717, 1.165) is 0 Å². The molecule has 0 saturated heterocycles. The molecule has 6 nitrogen and oxygen atoms in total. The number of hydrogen-bond donors (Lipinski definition) is 2. The second-order valence-electron chi connectivity index (χ2n) is 7.65. The summed E-state index contributed by atoms with van der Waals surface area (Å²) in [4.78, 5) is 24.4. The van der Waals surface area contributed by atoms with Crippen LogP contribution in [0.3, 0.4) is 0 Å². The highest BCUT2D eigenvalue weighted by Crippen LogP contribution is 2.29. The first-order valence-electron chi connectivity index (χ1n) is 9.41. The number of carbonyl (C=O) groups is 2. The summed E-state index contributed by atoms with van der Waals surface area (Å²) in [7, 11) is 1.37. The number of carbonyl (C=O) groups excluding carboxylic acids is 2. The average Bonchev–Trinajstić information content (AvgIpc) is 2.66. The van der Waals surface area contributed by atoms with Crippen LogP contribution in [0.4, 0.5) is 8.78 Å². The first kappa shape index (κ1) is 23.1. The first-order valence-corrected chi connectivity index (χ1v) is 9.41. The molecule has 0 aliphatic heterocycles. The number of hydrogen-bond acceptors (Lipinski definition) is 4. The van der Waals surface area contributed by atoms with E-state index in [1.165, 1.54) is 19.2 Å². The molecule has 30 heavy (non-hydrogen) atoms. The molecule has 0 aliphatic rings. The van der Waals surface area contributed by atoms with Gasteiger partial charge in [0.15, 0.2) is 11.5 Å². The Bertz CT molecular complexity index is 878. The summed E-state index contributed by atoms with van der Waals surface area (Å²) in [6.07, 6.45) is 0.418. The van der Waals surface area contributed by atoms with Gasteiger partial charge in [0.1, 0.15) is 0 Å². The van der Waals surface area contributed by atoms with Crippen molar-refractivity contribution in [2.75, 3.05) is 13.7 Å². The second-order valence-corrected chi connectivity index (χ2v) is 7.65. The van der Waals surface area contributed by atoms with E-state index in [9.17, 15) is 18.4 Å². The van der Waals surface area contributed by atoms with Crippen LogP contribution in [0.15, 0.2) is 42.5 Å². The first-order chi connectivity index (χ1) is 14.1.